The Hall–Kier alpha value is -1.90. The Bertz CT molecular complexity index is 724. The molecule has 0 aromatic carbocycles. The van der Waals surface area contributed by atoms with Gasteiger partial charge in [0.25, 0.3) is 5.91 Å². The molecule has 3 rings (SSSR count). The summed E-state index contributed by atoms with van der Waals surface area (Å²) in [4.78, 5) is 28.7. The molecule has 0 aliphatic carbocycles. The quantitative estimate of drug-likeness (QED) is 0.765. The van der Waals surface area contributed by atoms with Crippen molar-refractivity contribution >= 4 is 11.8 Å². The van der Waals surface area contributed by atoms with Crippen molar-refractivity contribution in [2.45, 2.75) is 43.4 Å². The maximum absolute atomic E-state index is 12.8. The molecule has 8 nitrogen and oxygen atoms in total. The number of aliphatic hydroxyl groups excluding tert-OH is 1. The Morgan fingerprint density at radius 2 is 2.00 bits per heavy atom. The van der Waals surface area contributed by atoms with Crippen LogP contribution in [0.3, 0.4) is 0 Å². The molecule has 8 heteroatoms. The molecule has 1 aromatic heterocycles. The molecule has 3 heterocycles. The minimum absolute atomic E-state index is 0.00491. The monoisotopic (exact) mass is 392 g/mol. The van der Waals surface area contributed by atoms with E-state index in [1.54, 1.807) is 4.90 Å². The average Bonchev–Trinajstić information content (AvgIpc) is 3.05. The number of carbonyl (C=O) groups is 2. The van der Waals surface area contributed by atoms with Crippen LogP contribution in [-0.4, -0.2) is 88.9 Å². The topological polar surface area (TPSA) is 87.0 Å². The molecule has 2 saturated heterocycles. The lowest BCUT2D eigenvalue weighted by Gasteiger charge is -2.53. The molecule has 2 fully saturated rings. The standard InChI is InChI=1S/C20H32N4O4/c1-19(21-16(25)14-22(2)3)9-13-28-20(18(19)27)7-11-24(12-8-20)17(26)15-6-5-10-23(15)4/h5-6,10,18,27H,7-9,11-14H2,1-4H3,(H,21,25)/t18-,19+/m1/s1. The molecule has 2 aliphatic heterocycles. The number of nitrogens with zero attached hydrogens (tertiary/aromatic N) is 3. The summed E-state index contributed by atoms with van der Waals surface area (Å²) >= 11 is 0. The van der Waals surface area contributed by atoms with Gasteiger partial charge >= 0.3 is 0 Å². The highest BCUT2D eigenvalue weighted by Gasteiger charge is 2.54. The SMILES string of the molecule is CN(C)CC(=O)N[C@@]1(C)CCOC2(CCN(C(=O)c3cccn3C)CC2)[C@@H]1O. The van der Waals surface area contributed by atoms with E-state index in [1.165, 1.54) is 0 Å². The van der Waals surface area contributed by atoms with Crippen LogP contribution in [0.15, 0.2) is 18.3 Å². The van der Waals surface area contributed by atoms with Crippen molar-refractivity contribution in [3.8, 4) is 0 Å². The highest BCUT2D eigenvalue weighted by molar-refractivity contribution is 5.92. The van der Waals surface area contributed by atoms with Crippen molar-refractivity contribution in [2.75, 3.05) is 40.3 Å². The second kappa shape index (κ2) is 7.85. The Morgan fingerprint density at radius 1 is 1.32 bits per heavy atom. The van der Waals surface area contributed by atoms with Crippen LogP contribution in [0.4, 0.5) is 0 Å². The van der Waals surface area contributed by atoms with Gasteiger partial charge in [-0.3, -0.25) is 9.59 Å². The number of piperidine rings is 1. The average molecular weight is 393 g/mol. The van der Waals surface area contributed by atoms with Crippen LogP contribution in [-0.2, 0) is 16.6 Å². The maximum atomic E-state index is 12.8. The Labute approximate surface area is 166 Å². The van der Waals surface area contributed by atoms with Crippen LogP contribution in [0.2, 0.25) is 0 Å². The Kier molecular flexibility index (Phi) is 5.84. The van der Waals surface area contributed by atoms with E-state index in [2.05, 4.69) is 5.32 Å². The van der Waals surface area contributed by atoms with Crippen molar-refractivity contribution in [3.05, 3.63) is 24.0 Å². The molecule has 2 atom stereocenters. The van der Waals surface area contributed by atoms with Crippen LogP contribution < -0.4 is 5.32 Å². The summed E-state index contributed by atoms with van der Waals surface area (Å²) in [5.41, 5.74) is -0.819. The van der Waals surface area contributed by atoms with E-state index in [9.17, 15) is 14.7 Å². The molecular weight excluding hydrogens is 360 g/mol. The molecule has 2 aliphatic rings. The first kappa shape index (κ1) is 20.8. The number of nitrogens with one attached hydrogen (secondary N) is 1. The third-order valence-corrected chi connectivity index (χ3v) is 6.06. The van der Waals surface area contributed by atoms with Crippen molar-refractivity contribution in [1.82, 2.24) is 19.7 Å². The van der Waals surface area contributed by atoms with Gasteiger partial charge in [0.05, 0.1) is 17.7 Å². The van der Waals surface area contributed by atoms with Crippen LogP contribution in [0.1, 0.15) is 36.7 Å². The first-order chi connectivity index (χ1) is 13.2. The molecule has 0 bridgehead atoms. The summed E-state index contributed by atoms with van der Waals surface area (Å²) in [6, 6.07) is 3.67. The number of amides is 2. The fraction of sp³-hybridized carbons (Fsp3) is 0.700. The number of likely N-dealkylation sites (tertiary alicyclic amines) is 1. The van der Waals surface area contributed by atoms with Gasteiger partial charge in [-0.05, 0) is 52.4 Å². The normalized spacial score (nSPS) is 27.2. The fourth-order valence-corrected chi connectivity index (χ4v) is 4.39. The zero-order valence-electron chi connectivity index (χ0n) is 17.3. The van der Waals surface area contributed by atoms with Gasteiger partial charge in [0.2, 0.25) is 5.91 Å². The van der Waals surface area contributed by atoms with E-state index in [-0.39, 0.29) is 18.4 Å². The van der Waals surface area contributed by atoms with Crippen LogP contribution >= 0.6 is 0 Å². The number of hydrogen-bond acceptors (Lipinski definition) is 5. The minimum atomic E-state index is -0.827. The van der Waals surface area contributed by atoms with Crippen molar-refractivity contribution in [3.63, 3.8) is 0 Å². The van der Waals surface area contributed by atoms with Crippen LogP contribution in [0, 0.1) is 0 Å². The van der Waals surface area contributed by atoms with Crippen molar-refractivity contribution in [2.24, 2.45) is 7.05 Å². The molecule has 0 saturated carbocycles. The van der Waals surface area contributed by atoms with Crippen LogP contribution in [0.25, 0.3) is 0 Å². The molecule has 1 aromatic rings. The van der Waals surface area contributed by atoms with Gasteiger partial charge in [-0.2, -0.15) is 0 Å². The molecule has 2 amide bonds. The fourth-order valence-electron chi connectivity index (χ4n) is 4.39. The van der Waals surface area contributed by atoms with E-state index in [1.807, 2.05) is 55.9 Å². The lowest BCUT2D eigenvalue weighted by molar-refractivity contribution is -0.205. The van der Waals surface area contributed by atoms with Crippen LogP contribution in [0.5, 0.6) is 0 Å². The number of carbonyl (C=O) groups excluding carboxylic acids is 2. The number of aryl methyl sites for hydroxylation is 1. The smallest absolute Gasteiger partial charge is 0.270 e. The first-order valence-corrected chi connectivity index (χ1v) is 9.85. The van der Waals surface area contributed by atoms with E-state index >= 15 is 0 Å². The van der Waals surface area contributed by atoms with Gasteiger partial charge in [-0.25, -0.2) is 0 Å². The highest BCUT2D eigenvalue weighted by Crippen LogP contribution is 2.40. The molecule has 28 heavy (non-hydrogen) atoms. The van der Waals surface area contributed by atoms with E-state index in [0.29, 0.717) is 44.7 Å². The number of likely N-dealkylation sites (N-methyl/N-ethyl adjacent to an activating group) is 1. The summed E-state index contributed by atoms with van der Waals surface area (Å²) in [5.74, 6) is -0.116. The van der Waals surface area contributed by atoms with Crippen molar-refractivity contribution < 1.29 is 19.4 Å². The van der Waals surface area contributed by atoms with Gasteiger partial charge in [0.1, 0.15) is 11.8 Å². The second-order valence-corrected chi connectivity index (χ2v) is 8.57. The van der Waals surface area contributed by atoms with Crippen molar-refractivity contribution in [1.29, 1.82) is 0 Å². The Balaban J connectivity index is 1.67. The summed E-state index contributed by atoms with van der Waals surface area (Å²) in [6.07, 6.45) is 2.68. The highest BCUT2D eigenvalue weighted by atomic mass is 16.5. The van der Waals surface area contributed by atoms with Gasteiger partial charge < -0.3 is 29.5 Å². The van der Waals surface area contributed by atoms with E-state index < -0.39 is 17.2 Å². The third kappa shape index (κ3) is 3.94. The lowest BCUT2D eigenvalue weighted by atomic mass is 9.73. The molecule has 0 radical (unpaired) electrons. The maximum Gasteiger partial charge on any atom is 0.270 e. The summed E-state index contributed by atoms with van der Waals surface area (Å²) < 4.78 is 7.88. The summed E-state index contributed by atoms with van der Waals surface area (Å²) in [7, 11) is 5.53. The number of aliphatic hydroxyl groups is 1. The number of rotatable bonds is 4. The zero-order valence-corrected chi connectivity index (χ0v) is 17.3. The van der Waals surface area contributed by atoms with Gasteiger partial charge in [0.15, 0.2) is 0 Å². The summed E-state index contributed by atoms with van der Waals surface area (Å²) in [5, 5.41) is 14.2. The predicted octanol–water partition coefficient (Wildman–Crippen LogP) is 0.218. The van der Waals surface area contributed by atoms with E-state index in [4.69, 9.17) is 4.74 Å². The molecule has 0 unspecified atom stereocenters. The van der Waals surface area contributed by atoms with Gasteiger partial charge in [0, 0.05) is 32.9 Å². The van der Waals surface area contributed by atoms with Gasteiger partial charge in [-0.15, -0.1) is 0 Å². The van der Waals surface area contributed by atoms with E-state index in [0.717, 1.165) is 0 Å². The van der Waals surface area contributed by atoms with Gasteiger partial charge in [-0.1, -0.05) is 0 Å². The second-order valence-electron chi connectivity index (χ2n) is 8.57. The third-order valence-electron chi connectivity index (χ3n) is 6.06. The first-order valence-electron chi connectivity index (χ1n) is 9.85. The largest absolute Gasteiger partial charge is 0.388 e. The number of aromatic nitrogens is 1. The summed E-state index contributed by atoms with van der Waals surface area (Å²) in [6.45, 7) is 3.67. The minimum Gasteiger partial charge on any atom is -0.388 e. The Morgan fingerprint density at radius 3 is 2.57 bits per heavy atom. The predicted molar refractivity (Wildman–Crippen MR) is 105 cm³/mol. The number of ether oxygens (including phenoxy) is 1. The number of hydrogen-bond donors (Lipinski definition) is 2. The molecule has 156 valence electrons. The zero-order chi connectivity index (χ0) is 20.5. The lowest BCUT2D eigenvalue weighted by Crippen LogP contribution is -2.69. The molecule has 1 spiro atoms. The molecular formula is C20H32N4O4. The molecule has 2 N–H and O–H groups in total.